The first-order chi connectivity index (χ1) is 13.3. The number of hydrogen-bond donors (Lipinski definition) is 1. The van der Waals surface area contributed by atoms with Gasteiger partial charge in [0.1, 0.15) is 4.88 Å². The monoisotopic (exact) mass is 415 g/mol. The Balaban J connectivity index is 1.94. The van der Waals surface area contributed by atoms with Gasteiger partial charge in [-0.25, -0.2) is 9.78 Å². The minimum Gasteiger partial charge on any atom is -0.462 e. The molecule has 152 valence electrons. The highest BCUT2D eigenvalue weighted by Gasteiger charge is 2.32. The van der Waals surface area contributed by atoms with Crippen LogP contribution >= 0.6 is 11.3 Å². The summed E-state index contributed by atoms with van der Waals surface area (Å²) in [7, 11) is 0. The van der Waals surface area contributed by atoms with Crippen LogP contribution in [-0.2, 0) is 10.9 Å². The maximum Gasteiger partial charge on any atom is 0.416 e. The fourth-order valence-electron chi connectivity index (χ4n) is 2.83. The highest BCUT2D eigenvalue weighted by atomic mass is 32.1. The summed E-state index contributed by atoms with van der Waals surface area (Å²) in [6.45, 7) is 6.27. The van der Waals surface area contributed by atoms with Gasteiger partial charge in [-0.05, 0) is 32.0 Å². The third-order valence-electron chi connectivity index (χ3n) is 4.18. The van der Waals surface area contributed by atoms with E-state index in [1.54, 1.807) is 13.8 Å². The number of alkyl halides is 3. The van der Waals surface area contributed by atoms with Crippen molar-refractivity contribution in [1.82, 2.24) is 10.3 Å². The second-order valence-electron chi connectivity index (χ2n) is 6.13. The van der Waals surface area contributed by atoms with Crippen molar-refractivity contribution in [2.45, 2.75) is 20.0 Å². The maximum absolute atomic E-state index is 13.2. The molecule has 0 amide bonds. The first-order valence-electron chi connectivity index (χ1n) is 8.79. The minimum absolute atomic E-state index is 0.0564. The van der Waals surface area contributed by atoms with Crippen LogP contribution in [0.15, 0.2) is 18.2 Å². The number of anilines is 1. The normalized spacial score (nSPS) is 14.8. The number of benzene rings is 1. The zero-order chi connectivity index (χ0) is 20.3. The molecule has 1 fully saturated rings. The number of piperazine rings is 1. The van der Waals surface area contributed by atoms with Crippen molar-refractivity contribution in [1.29, 1.82) is 0 Å². The van der Waals surface area contributed by atoms with Crippen molar-refractivity contribution in [2.75, 3.05) is 37.7 Å². The molecule has 0 aliphatic carbocycles. The molecule has 0 unspecified atom stereocenters. The van der Waals surface area contributed by atoms with Crippen LogP contribution in [-0.4, -0.2) is 43.7 Å². The zero-order valence-corrected chi connectivity index (χ0v) is 16.2. The van der Waals surface area contributed by atoms with Crippen molar-refractivity contribution in [3.63, 3.8) is 0 Å². The number of ether oxygens (including phenoxy) is 2. The lowest BCUT2D eigenvalue weighted by molar-refractivity contribution is -0.137. The summed E-state index contributed by atoms with van der Waals surface area (Å²) in [5.74, 6) is -0.473. The quantitative estimate of drug-likeness (QED) is 0.749. The molecule has 2 aromatic rings. The molecule has 0 bridgehead atoms. The number of carbonyl (C=O) groups excluding carboxylic acids is 1. The van der Waals surface area contributed by atoms with Crippen LogP contribution < -0.4 is 15.0 Å². The van der Waals surface area contributed by atoms with E-state index < -0.39 is 17.7 Å². The van der Waals surface area contributed by atoms with E-state index in [9.17, 15) is 18.0 Å². The molecule has 1 saturated heterocycles. The third-order valence-corrected chi connectivity index (χ3v) is 5.20. The molecule has 3 rings (SSSR count). The van der Waals surface area contributed by atoms with E-state index in [-0.39, 0.29) is 22.4 Å². The Morgan fingerprint density at radius 3 is 2.68 bits per heavy atom. The lowest BCUT2D eigenvalue weighted by Gasteiger charge is -2.30. The average Bonchev–Trinajstić information content (AvgIpc) is 3.02. The molecule has 1 aliphatic heterocycles. The standard InChI is InChI=1S/C18H20F3N3O3S/c1-3-26-16(25)15-11(2)23-17(28-15)27-14-10-12(18(19,20)21)4-5-13(14)24-8-6-22-7-9-24/h4-5,10,22H,3,6-9H2,1-2H3. The molecular weight excluding hydrogens is 395 g/mol. The number of nitrogens with zero attached hydrogens (tertiary/aromatic N) is 2. The van der Waals surface area contributed by atoms with Gasteiger partial charge < -0.3 is 19.7 Å². The zero-order valence-electron chi connectivity index (χ0n) is 15.4. The topological polar surface area (TPSA) is 63.7 Å². The predicted molar refractivity (Wildman–Crippen MR) is 99.4 cm³/mol. The molecule has 0 spiro atoms. The molecule has 1 aromatic heterocycles. The Morgan fingerprint density at radius 2 is 2.04 bits per heavy atom. The van der Waals surface area contributed by atoms with Gasteiger partial charge in [-0.1, -0.05) is 11.3 Å². The van der Waals surface area contributed by atoms with Crippen molar-refractivity contribution < 1.29 is 27.4 Å². The van der Waals surface area contributed by atoms with Gasteiger partial charge in [0.05, 0.1) is 23.6 Å². The van der Waals surface area contributed by atoms with Crippen molar-refractivity contribution >= 4 is 23.0 Å². The minimum atomic E-state index is -4.49. The Morgan fingerprint density at radius 1 is 1.32 bits per heavy atom. The lowest BCUT2D eigenvalue weighted by Crippen LogP contribution is -2.43. The average molecular weight is 415 g/mol. The van der Waals surface area contributed by atoms with E-state index in [2.05, 4.69) is 10.3 Å². The van der Waals surface area contributed by atoms with Crippen LogP contribution in [0.2, 0.25) is 0 Å². The molecule has 28 heavy (non-hydrogen) atoms. The van der Waals surface area contributed by atoms with E-state index in [1.807, 2.05) is 4.90 Å². The van der Waals surface area contributed by atoms with E-state index in [0.717, 1.165) is 36.6 Å². The highest BCUT2D eigenvalue weighted by Crippen LogP contribution is 2.40. The number of thiazole rings is 1. The number of rotatable bonds is 5. The molecule has 10 heteroatoms. The first kappa shape index (κ1) is 20.4. The van der Waals surface area contributed by atoms with Gasteiger partial charge in [0.25, 0.3) is 5.19 Å². The third kappa shape index (κ3) is 4.56. The number of halogens is 3. The molecule has 6 nitrogen and oxygen atoms in total. The van der Waals surface area contributed by atoms with Gasteiger partial charge in [0.2, 0.25) is 0 Å². The van der Waals surface area contributed by atoms with Crippen molar-refractivity contribution in [3.8, 4) is 10.9 Å². The fraction of sp³-hybridized carbons (Fsp3) is 0.444. The van der Waals surface area contributed by atoms with Crippen LogP contribution in [0, 0.1) is 6.92 Å². The molecule has 1 aromatic carbocycles. The summed E-state index contributed by atoms with van der Waals surface area (Å²) in [5.41, 5.74) is 0.162. The number of aromatic nitrogens is 1. The number of hydrogen-bond acceptors (Lipinski definition) is 7. The molecule has 1 aliphatic rings. The van der Waals surface area contributed by atoms with Gasteiger partial charge in [-0.3, -0.25) is 0 Å². The Kier molecular flexibility index (Phi) is 6.09. The van der Waals surface area contributed by atoms with E-state index in [0.29, 0.717) is 24.5 Å². The summed E-state index contributed by atoms with van der Waals surface area (Å²) in [6.07, 6.45) is -4.49. The largest absolute Gasteiger partial charge is 0.462 e. The summed E-state index contributed by atoms with van der Waals surface area (Å²) in [6, 6.07) is 3.43. The SMILES string of the molecule is CCOC(=O)c1sc(Oc2cc(C(F)(F)F)ccc2N2CCNCC2)nc1C. The van der Waals surface area contributed by atoms with E-state index >= 15 is 0 Å². The van der Waals surface area contributed by atoms with Crippen LogP contribution in [0.1, 0.15) is 27.9 Å². The Bertz CT molecular complexity index is 848. The molecule has 0 radical (unpaired) electrons. The van der Waals surface area contributed by atoms with E-state index in [4.69, 9.17) is 9.47 Å². The van der Waals surface area contributed by atoms with Crippen LogP contribution in [0.5, 0.6) is 10.9 Å². The van der Waals surface area contributed by atoms with Gasteiger partial charge in [-0.2, -0.15) is 13.2 Å². The fourth-order valence-corrected chi connectivity index (χ4v) is 3.66. The number of aryl methyl sites for hydroxylation is 1. The summed E-state index contributed by atoms with van der Waals surface area (Å²) < 4.78 is 50.3. The van der Waals surface area contributed by atoms with E-state index in [1.165, 1.54) is 6.07 Å². The smallest absolute Gasteiger partial charge is 0.416 e. The van der Waals surface area contributed by atoms with Crippen molar-refractivity contribution in [2.24, 2.45) is 0 Å². The molecular formula is C18H20F3N3O3S. The lowest BCUT2D eigenvalue weighted by atomic mass is 10.1. The van der Waals surface area contributed by atoms with Crippen LogP contribution in [0.25, 0.3) is 0 Å². The highest BCUT2D eigenvalue weighted by molar-refractivity contribution is 7.15. The first-order valence-corrected chi connectivity index (χ1v) is 9.60. The van der Waals surface area contributed by atoms with Gasteiger partial charge in [0, 0.05) is 26.2 Å². The molecule has 0 atom stereocenters. The van der Waals surface area contributed by atoms with Crippen molar-refractivity contribution in [3.05, 3.63) is 34.3 Å². The molecule has 0 saturated carbocycles. The maximum atomic E-state index is 13.2. The number of nitrogens with one attached hydrogen (secondary N) is 1. The Hall–Kier alpha value is -2.33. The van der Waals surface area contributed by atoms with Crippen LogP contribution in [0.3, 0.4) is 0 Å². The van der Waals surface area contributed by atoms with Gasteiger partial charge >= 0.3 is 12.1 Å². The van der Waals surface area contributed by atoms with Crippen LogP contribution in [0.4, 0.5) is 18.9 Å². The summed E-state index contributed by atoms with van der Waals surface area (Å²) >= 11 is 0.951. The molecule has 2 heterocycles. The van der Waals surface area contributed by atoms with Gasteiger partial charge in [-0.15, -0.1) is 0 Å². The summed E-state index contributed by atoms with van der Waals surface area (Å²) in [5, 5.41) is 3.29. The predicted octanol–water partition coefficient (Wildman–Crippen LogP) is 3.85. The van der Waals surface area contributed by atoms with Gasteiger partial charge in [0.15, 0.2) is 5.75 Å². The number of carbonyl (C=O) groups is 1. The second kappa shape index (κ2) is 8.36. The summed E-state index contributed by atoms with van der Waals surface area (Å²) in [4.78, 5) is 18.4. The Labute approximate surface area is 164 Å². The second-order valence-corrected chi connectivity index (χ2v) is 7.10. The molecule has 1 N–H and O–H groups in total. The number of esters is 1.